The SMILES string of the molecule is CCCn1c(=O)c2c(NC)n(C(=O)OC)nc2n(Cc2cccc(Cl)c2)c1=O. The number of rotatable bonds is 5. The molecule has 0 radical (unpaired) electrons. The quantitative estimate of drug-likeness (QED) is 0.698. The minimum Gasteiger partial charge on any atom is -0.451 e. The van der Waals surface area contributed by atoms with Gasteiger partial charge in [-0.2, -0.15) is 0 Å². The van der Waals surface area contributed by atoms with Crippen LogP contribution >= 0.6 is 11.6 Å². The van der Waals surface area contributed by atoms with E-state index in [0.717, 1.165) is 14.8 Å². The summed E-state index contributed by atoms with van der Waals surface area (Å²) in [5, 5.41) is 7.67. The predicted molar refractivity (Wildman–Crippen MR) is 106 cm³/mol. The molecule has 0 unspecified atom stereocenters. The van der Waals surface area contributed by atoms with E-state index in [1.807, 2.05) is 13.0 Å². The molecule has 10 heteroatoms. The summed E-state index contributed by atoms with van der Waals surface area (Å²) in [6.07, 6.45) is -0.179. The minimum atomic E-state index is -0.774. The number of ether oxygens (including phenoxy) is 1. The molecule has 0 bridgehead atoms. The third kappa shape index (κ3) is 3.29. The molecule has 148 valence electrons. The van der Waals surface area contributed by atoms with Gasteiger partial charge in [-0.1, -0.05) is 30.7 Å². The van der Waals surface area contributed by atoms with Gasteiger partial charge in [0.15, 0.2) is 11.5 Å². The first-order valence-corrected chi connectivity index (χ1v) is 9.07. The lowest BCUT2D eigenvalue weighted by Crippen LogP contribution is -2.40. The second kappa shape index (κ2) is 7.89. The normalized spacial score (nSPS) is 11.0. The molecule has 0 amide bonds. The van der Waals surface area contributed by atoms with E-state index in [9.17, 15) is 14.4 Å². The Hall–Kier alpha value is -3.07. The van der Waals surface area contributed by atoms with Crippen molar-refractivity contribution in [2.45, 2.75) is 26.4 Å². The zero-order valence-electron chi connectivity index (χ0n) is 15.7. The van der Waals surface area contributed by atoms with Crippen LogP contribution in [0.3, 0.4) is 0 Å². The van der Waals surface area contributed by atoms with E-state index < -0.39 is 17.3 Å². The Bertz CT molecular complexity index is 1160. The third-order valence-corrected chi connectivity index (χ3v) is 4.54. The van der Waals surface area contributed by atoms with E-state index in [1.165, 1.54) is 11.7 Å². The Kier molecular flexibility index (Phi) is 5.55. The van der Waals surface area contributed by atoms with E-state index in [2.05, 4.69) is 10.4 Å². The average Bonchev–Trinajstić information content (AvgIpc) is 3.07. The summed E-state index contributed by atoms with van der Waals surface area (Å²) in [6.45, 7) is 2.26. The van der Waals surface area contributed by atoms with Gasteiger partial charge in [0.1, 0.15) is 5.39 Å². The van der Waals surface area contributed by atoms with Crippen LogP contribution in [0.5, 0.6) is 0 Å². The van der Waals surface area contributed by atoms with Crippen LogP contribution in [-0.2, 0) is 17.8 Å². The number of anilines is 1. The lowest BCUT2D eigenvalue weighted by Gasteiger charge is -2.11. The highest BCUT2D eigenvalue weighted by Crippen LogP contribution is 2.20. The van der Waals surface area contributed by atoms with Crippen molar-refractivity contribution in [1.29, 1.82) is 0 Å². The summed E-state index contributed by atoms with van der Waals surface area (Å²) in [4.78, 5) is 38.1. The lowest BCUT2D eigenvalue weighted by atomic mass is 10.2. The van der Waals surface area contributed by atoms with E-state index >= 15 is 0 Å². The average molecular weight is 406 g/mol. The molecule has 0 saturated carbocycles. The first-order chi connectivity index (χ1) is 13.4. The van der Waals surface area contributed by atoms with Crippen LogP contribution in [0.4, 0.5) is 10.6 Å². The number of carbonyl (C=O) groups excluding carboxylic acids is 1. The van der Waals surface area contributed by atoms with Crippen LogP contribution in [0.25, 0.3) is 11.0 Å². The largest absolute Gasteiger partial charge is 0.451 e. The van der Waals surface area contributed by atoms with Crippen molar-refractivity contribution >= 4 is 34.5 Å². The Morgan fingerprint density at radius 1 is 1.29 bits per heavy atom. The van der Waals surface area contributed by atoms with E-state index in [-0.39, 0.29) is 29.9 Å². The molecule has 0 saturated heterocycles. The molecule has 3 rings (SSSR count). The fourth-order valence-corrected chi connectivity index (χ4v) is 3.29. The van der Waals surface area contributed by atoms with Gasteiger partial charge in [-0.25, -0.2) is 9.59 Å². The van der Waals surface area contributed by atoms with Gasteiger partial charge in [-0.3, -0.25) is 13.9 Å². The highest BCUT2D eigenvalue weighted by molar-refractivity contribution is 6.30. The number of fused-ring (bicyclic) bond motifs is 1. The summed E-state index contributed by atoms with van der Waals surface area (Å²) in [5.41, 5.74) is -0.159. The van der Waals surface area contributed by atoms with Crippen LogP contribution in [0.15, 0.2) is 33.9 Å². The van der Waals surface area contributed by atoms with Crippen molar-refractivity contribution in [1.82, 2.24) is 18.9 Å². The molecule has 0 fully saturated rings. The Balaban J connectivity index is 2.38. The monoisotopic (exact) mass is 405 g/mol. The maximum absolute atomic E-state index is 13.0. The lowest BCUT2D eigenvalue weighted by molar-refractivity contribution is 0.170. The topological polar surface area (TPSA) is 100 Å². The molecular formula is C18H20ClN5O4. The van der Waals surface area contributed by atoms with Gasteiger partial charge in [0, 0.05) is 18.6 Å². The molecule has 0 aliphatic heterocycles. The summed E-state index contributed by atoms with van der Waals surface area (Å²) in [7, 11) is 2.77. The molecular weight excluding hydrogens is 386 g/mol. The molecule has 2 aromatic heterocycles. The molecule has 1 aromatic carbocycles. The smallest absolute Gasteiger partial charge is 0.436 e. The molecule has 0 aliphatic carbocycles. The summed E-state index contributed by atoms with van der Waals surface area (Å²) in [6, 6.07) is 7.04. The number of nitrogens with one attached hydrogen (secondary N) is 1. The third-order valence-electron chi connectivity index (χ3n) is 4.30. The van der Waals surface area contributed by atoms with Gasteiger partial charge < -0.3 is 10.1 Å². The van der Waals surface area contributed by atoms with Crippen molar-refractivity contribution < 1.29 is 9.53 Å². The van der Waals surface area contributed by atoms with Gasteiger partial charge >= 0.3 is 11.8 Å². The van der Waals surface area contributed by atoms with Gasteiger partial charge in [-0.15, -0.1) is 9.78 Å². The fourth-order valence-electron chi connectivity index (χ4n) is 3.08. The van der Waals surface area contributed by atoms with Crippen molar-refractivity contribution in [2.24, 2.45) is 0 Å². The molecule has 28 heavy (non-hydrogen) atoms. The second-order valence-electron chi connectivity index (χ2n) is 6.13. The minimum absolute atomic E-state index is 0.0945. The van der Waals surface area contributed by atoms with E-state index in [4.69, 9.17) is 16.3 Å². The number of hydrogen-bond acceptors (Lipinski definition) is 6. The number of aromatic nitrogens is 4. The van der Waals surface area contributed by atoms with Crippen molar-refractivity contribution in [2.75, 3.05) is 19.5 Å². The Morgan fingerprint density at radius 3 is 2.64 bits per heavy atom. The number of methoxy groups -OCH3 is 1. The molecule has 0 spiro atoms. The number of nitrogens with zero attached hydrogens (tertiary/aromatic N) is 4. The number of halogens is 1. The Labute approximate surface area is 165 Å². The van der Waals surface area contributed by atoms with E-state index in [0.29, 0.717) is 11.4 Å². The fraction of sp³-hybridized carbons (Fsp3) is 0.333. The van der Waals surface area contributed by atoms with Crippen LogP contribution in [0.1, 0.15) is 18.9 Å². The Morgan fingerprint density at radius 2 is 2.04 bits per heavy atom. The van der Waals surface area contributed by atoms with Crippen LogP contribution in [0.2, 0.25) is 5.02 Å². The first-order valence-electron chi connectivity index (χ1n) is 8.69. The van der Waals surface area contributed by atoms with Crippen molar-refractivity contribution in [3.63, 3.8) is 0 Å². The highest BCUT2D eigenvalue weighted by atomic mass is 35.5. The number of hydrogen-bond donors (Lipinski definition) is 1. The maximum atomic E-state index is 13.0. The molecule has 1 N–H and O–H groups in total. The van der Waals surface area contributed by atoms with Gasteiger partial charge in [-0.05, 0) is 24.1 Å². The molecule has 9 nitrogen and oxygen atoms in total. The zero-order valence-corrected chi connectivity index (χ0v) is 16.5. The predicted octanol–water partition coefficient (Wildman–Crippen LogP) is 2.13. The van der Waals surface area contributed by atoms with Crippen LogP contribution < -0.4 is 16.6 Å². The van der Waals surface area contributed by atoms with Gasteiger partial charge in [0.25, 0.3) is 5.56 Å². The maximum Gasteiger partial charge on any atom is 0.436 e. The summed E-state index contributed by atoms with van der Waals surface area (Å²) >= 11 is 6.05. The zero-order chi connectivity index (χ0) is 20.4. The molecule has 0 atom stereocenters. The number of benzene rings is 1. The highest BCUT2D eigenvalue weighted by Gasteiger charge is 2.24. The first kappa shape index (κ1) is 19.7. The molecule has 0 aliphatic rings. The van der Waals surface area contributed by atoms with Crippen molar-refractivity contribution in [3.05, 3.63) is 55.7 Å². The van der Waals surface area contributed by atoms with Crippen LogP contribution in [0, 0.1) is 0 Å². The van der Waals surface area contributed by atoms with Gasteiger partial charge in [0.2, 0.25) is 0 Å². The van der Waals surface area contributed by atoms with Gasteiger partial charge in [0.05, 0.1) is 13.7 Å². The molecule has 2 heterocycles. The summed E-state index contributed by atoms with van der Waals surface area (Å²) in [5.74, 6) is 0.163. The van der Waals surface area contributed by atoms with E-state index in [1.54, 1.807) is 25.2 Å². The second-order valence-corrected chi connectivity index (χ2v) is 6.57. The van der Waals surface area contributed by atoms with Crippen LogP contribution in [-0.4, -0.2) is 39.2 Å². The summed E-state index contributed by atoms with van der Waals surface area (Å²) < 4.78 is 8.19. The standard InChI is InChI=1S/C18H20ClN5O4/c1-4-8-22-16(25)13-14(20-2)24(18(27)28-3)21-15(13)23(17(22)26)10-11-6-5-7-12(19)9-11/h5-7,9,20H,4,8,10H2,1-3H3. The number of carbonyl (C=O) groups is 1. The van der Waals surface area contributed by atoms with Crippen molar-refractivity contribution in [3.8, 4) is 0 Å². The molecule has 3 aromatic rings.